The van der Waals surface area contributed by atoms with Gasteiger partial charge in [-0.15, -0.1) is 5.10 Å². The van der Waals surface area contributed by atoms with E-state index in [2.05, 4.69) is 15.4 Å². The van der Waals surface area contributed by atoms with Gasteiger partial charge >= 0.3 is 5.69 Å². The number of nitrogens with zero attached hydrogens (tertiary/aromatic N) is 4. The van der Waals surface area contributed by atoms with Gasteiger partial charge in [0.25, 0.3) is 0 Å². The van der Waals surface area contributed by atoms with Crippen LogP contribution in [0.1, 0.15) is 40.3 Å². The van der Waals surface area contributed by atoms with Gasteiger partial charge in [0.1, 0.15) is 5.76 Å². The minimum Gasteiger partial charge on any atom is -0.376 e. The number of hydrogen-bond donors (Lipinski definition) is 1. The van der Waals surface area contributed by atoms with Crippen molar-refractivity contribution in [2.24, 2.45) is 0 Å². The molecule has 3 aromatic heterocycles. The van der Waals surface area contributed by atoms with Crippen molar-refractivity contribution in [2.45, 2.75) is 51.4 Å². The van der Waals surface area contributed by atoms with E-state index in [0.717, 1.165) is 30.8 Å². The standard InChI is InChI=1S/C19H23N5O4S/c1-11-7-15(13(3)24(11)17-8-12(2)28-22-17)16(25)10-29-19-21-20-18(26)23(19)9-14-5-4-6-27-14/h7-8,14H,4-6,9-10H2,1-3H3,(H,20,26). The Morgan fingerprint density at radius 1 is 1.34 bits per heavy atom. The summed E-state index contributed by atoms with van der Waals surface area (Å²) in [5.41, 5.74) is 2.05. The summed E-state index contributed by atoms with van der Waals surface area (Å²) in [4.78, 5) is 25.0. The molecule has 1 fully saturated rings. The Hall–Kier alpha value is -2.59. The Morgan fingerprint density at radius 2 is 2.17 bits per heavy atom. The zero-order valence-electron chi connectivity index (χ0n) is 16.6. The molecule has 4 heterocycles. The summed E-state index contributed by atoms with van der Waals surface area (Å²) in [6.07, 6.45) is 1.94. The lowest BCUT2D eigenvalue weighted by atomic mass is 10.2. The van der Waals surface area contributed by atoms with E-state index >= 15 is 0 Å². The van der Waals surface area contributed by atoms with Crippen LogP contribution in [0.5, 0.6) is 0 Å². The number of nitrogens with one attached hydrogen (secondary N) is 1. The smallest absolute Gasteiger partial charge is 0.344 e. The minimum atomic E-state index is -0.282. The van der Waals surface area contributed by atoms with E-state index in [9.17, 15) is 9.59 Å². The number of thioether (sulfide) groups is 1. The van der Waals surface area contributed by atoms with Gasteiger partial charge in [0, 0.05) is 29.6 Å². The fourth-order valence-electron chi connectivity index (χ4n) is 3.63. The lowest BCUT2D eigenvalue weighted by Crippen LogP contribution is -2.25. The molecule has 0 saturated carbocycles. The van der Waals surface area contributed by atoms with Gasteiger partial charge in [-0.2, -0.15) is 0 Å². The third-order valence-corrected chi connectivity index (χ3v) is 6.02. The number of aromatic nitrogens is 5. The van der Waals surface area contributed by atoms with Crippen molar-refractivity contribution in [1.29, 1.82) is 0 Å². The van der Waals surface area contributed by atoms with Crippen molar-refractivity contribution in [3.63, 3.8) is 0 Å². The van der Waals surface area contributed by atoms with Crippen LogP contribution in [0.4, 0.5) is 0 Å². The van der Waals surface area contributed by atoms with E-state index in [0.29, 0.717) is 28.8 Å². The number of Topliss-reactive ketones (excluding diaryl/α,β-unsaturated/α-hetero) is 1. The van der Waals surface area contributed by atoms with Gasteiger partial charge in [0.2, 0.25) is 0 Å². The fourth-order valence-corrected chi connectivity index (χ4v) is 4.47. The summed E-state index contributed by atoms with van der Waals surface area (Å²) in [6.45, 7) is 6.81. The Bertz CT molecular complexity index is 1090. The molecule has 1 atom stereocenters. The molecule has 0 spiro atoms. The van der Waals surface area contributed by atoms with Crippen LogP contribution in [0.25, 0.3) is 5.82 Å². The van der Waals surface area contributed by atoms with Crippen LogP contribution in [0.15, 0.2) is 26.6 Å². The molecule has 0 amide bonds. The molecule has 1 aliphatic heterocycles. The van der Waals surface area contributed by atoms with E-state index in [1.54, 1.807) is 4.57 Å². The average molecular weight is 417 g/mol. The lowest BCUT2D eigenvalue weighted by Gasteiger charge is -2.10. The van der Waals surface area contributed by atoms with Crippen molar-refractivity contribution >= 4 is 17.5 Å². The molecule has 1 saturated heterocycles. The maximum Gasteiger partial charge on any atom is 0.344 e. The number of carbonyl (C=O) groups excluding carboxylic acids is 1. The number of H-pyrrole nitrogens is 1. The second kappa shape index (κ2) is 8.03. The third-order valence-electron chi connectivity index (χ3n) is 5.04. The topological polar surface area (TPSA) is 108 Å². The van der Waals surface area contributed by atoms with E-state index in [1.165, 1.54) is 11.8 Å². The number of aryl methyl sites for hydroxylation is 2. The Morgan fingerprint density at radius 3 is 2.86 bits per heavy atom. The van der Waals surface area contributed by atoms with E-state index < -0.39 is 0 Å². The van der Waals surface area contributed by atoms with Crippen molar-refractivity contribution in [3.8, 4) is 5.82 Å². The summed E-state index contributed by atoms with van der Waals surface area (Å²) in [5.74, 6) is 1.51. The molecule has 154 valence electrons. The zero-order chi connectivity index (χ0) is 20.5. The number of ketones is 1. The third kappa shape index (κ3) is 3.95. The van der Waals surface area contributed by atoms with E-state index in [4.69, 9.17) is 9.26 Å². The normalized spacial score (nSPS) is 16.6. The van der Waals surface area contributed by atoms with Gasteiger partial charge in [-0.1, -0.05) is 16.9 Å². The molecule has 1 aliphatic rings. The summed E-state index contributed by atoms with van der Waals surface area (Å²) in [6, 6.07) is 3.68. The van der Waals surface area contributed by atoms with Crippen molar-refractivity contribution in [2.75, 3.05) is 12.4 Å². The SMILES string of the molecule is Cc1cc(-n2c(C)cc(C(=O)CSc3n[nH]c(=O)n3CC3CCCO3)c2C)no1. The van der Waals surface area contributed by atoms with Gasteiger partial charge in [0.05, 0.1) is 18.4 Å². The summed E-state index contributed by atoms with van der Waals surface area (Å²) in [7, 11) is 0. The number of rotatable bonds is 7. The van der Waals surface area contributed by atoms with Crippen LogP contribution in [-0.2, 0) is 11.3 Å². The highest BCUT2D eigenvalue weighted by Crippen LogP contribution is 2.24. The van der Waals surface area contributed by atoms with Crippen LogP contribution in [-0.4, -0.2) is 48.7 Å². The minimum absolute atomic E-state index is 0.0187. The first kappa shape index (κ1) is 19.7. The summed E-state index contributed by atoms with van der Waals surface area (Å²) in [5, 5.41) is 11.1. The zero-order valence-corrected chi connectivity index (χ0v) is 17.4. The molecular weight excluding hydrogens is 394 g/mol. The van der Waals surface area contributed by atoms with Crippen molar-refractivity contribution < 1.29 is 14.1 Å². The van der Waals surface area contributed by atoms with Gasteiger partial charge in [-0.25, -0.2) is 9.89 Å². The monoisotopic (exact) mass is 417 g/mol. The highest BCUT2D eigenvalue weighted by molar-refractivity contribution is 7.99. The first-order valence-electron chi connectivity index (χ1n) is 9.49. The predicted molar refractivity (Wildman–Crippen MR) is 107 cm³/mol. The predicted octanol–water partition coefficient (Wildman–Crippen LogP) is 2.43. The molecule has 0 aliphatic carbocycles. The molecule has 0 aromatic carbocycles. The van der Waals surface area contributed by atoms with Gasteiger partial charge in [0.15, 0.2) is 16.8 Å². The molecule has 4 rings (SSSR count). The molecule has 3 aromatic rings. The van der Waals surface area contributed by atoms with Crippen LogP contribution >= 0.6 is 11.8 Å². The lowest BCUT2D eigenvalue weighted by molar-refractivity contribution is 0.0941. The van der Waals surface area contributed by atoms with Crippen LogP contribution < -0.4 is 5.69 Å². The maximum atomic E-state index is 12.9. The molecule has 29 heavy (non-hydrogen) atoms. The fraction of sp³-hybridized carbons (Fsp3) is 0.474. The molecule has 10 heteroatoms. The van der Waals surface area contributed by atoms with Crippen molar-refractivity contribution in [3.05, 3.63) is 45.3 Å². The van der Waals surface area contributed by atoms with Crippen molar-refractivity contribution in [1.82, 2.24) is 24.5 Å². The maximum absolute atomic E-state index is 12.9. The number of ether oxygens (including phenoxy) is 1. The van der Waals surface area contributed by atoms with E-state index in [1.807, 2.05) is 37.5 Å². The van der Waals surface area contributed by atoms with Gasteiger partial charge in [-0.05, 0) is 39.7 Å². The first-order valence-corrected chi connectivity index (χ1v) is 10.5. The number of carbonyl (C=O) groups is 1. The number of aromatic amines is 1. The second-order valence-corrected chi connectivity index (χ2v) is 8.13. The van der Waals surface area contributed by atoms with Crippen LogP contribution in [0.3, 0.4) is 0 Å². The van der Waals surface area contributed by atoms with E-state index in [-0.39, 0.29) is 23.3 Å². The Balaban J connectivity index is 1.49. The Kier molecular flexibility index (Phi) is 5.46. The molecule has 1 unspecified atom stereocenters. The van der Waals surface area contributed by atoms with Gasteiger partial charge < -0.3 is 9.26 Å². The average Bonchev–Trinajstić information content (AvgIpc) is 3.46. The van der Waals surface area contributed by atoms with Crippen LogP contribution in [0.2, 0.25) is 0 Å². The van der Waals surface area contributed by atoms with Gasteiger partial charge in [-0.3, -0.25) is 13.9 Å². The Labute approximate surface area is 171 Å². The molecule has 0 radical (unpaired) electrons. The quantitative estimate of drug-likeness (QED) is 0.465. The second-order valence-electron chi connectivity index (χ2n) is 7.18. The highest BCUT2D eigenvalue weighted by atomic mass is 32.2. The first-order chi connectivity index (χ1) is 13.9. The van der Waals surface area contributed by atoms with Crippen LogP contribution in [0, 0.1) is 20.8 Å². The molecular formula is C19H23N5O4S. The molecule has 1 N–H and O–H groups in total. The highest BCUT2D eigenvalue weighted by Gasteiger charge is 2.22. The summed E-state index contributed by atoms with van der Waals surface area (Å²) >= 11 is 1.25. The summed E-state index contributed by atoms with van der Waals surface area (Å²) < 4.78 is 14.2. The number of hydrogen-bond acceptors (Lipinski definition) is 7. The molecule has 0 bridgehead atoms. The molecule has 9 nitrogen and oxygen atoms in total. The largest absolute Gasteiger partial charge is 0.376 e.